The fourth-order valence-corrected chi connectivity index (χ4v) is 1.94. The molecular weight excluding hydrogens is 139 g/mol. The van der Waals surface area contributed by atoms with Crippen LogP contribution >= 0.6 is 7.14 Å². The summed E-state index contributed by atoms with van der Waals surface area (Å²) in [5, 5.41) is 0. The summed E-state index contributed by atoms with van der Waals surface area (Å²) >= 11 is 0. The van der Waals surface area contributed by atoms with E-state index in [1.165, 1.54) is 0 Å². The van der Waals surface area contributed by atoms with Crippen molar-refractivity contribution in [2.45, 2.75) is 6.92 Å². The van der Waals surface area contributed by atoms with Crippen molar-refractivity contribution in [1.82, 2.24) is 0 Å². The second-order valence-electron chi connectivity index (χ2n) is 2.16. The van der Waals surface area contributed by atoms with Gasteiger partial charge in [0.2, 0.25) is 0 Å². The largest absolute Gasteiger partial charge is 0.348 e. The molecule has 3 nitrogen and oxygen atoms in total. The maximum Gasteiger partial charge on any atom is 0.147 e. The molecule has 0 radical (unpaired) electrons. The van der Waals surface area contributed by atoms with E-state index >= 15 is 0 Å². The minimum absolute atomic E-state index is 0.310. The lowest BCUT2D eigenvalue weighted by Gasteiger charge is -2.21. The lowest BCUT2D eigenvalue weighted by Crippen LogP contribution is -2.13. The summed E-state index contributed by atoms with van der Waals surface area (Å²) < 4.78 is 21.1. The molecule has 0 saturated carbocycles. The van der Waals surface area contributed by atoms with Crippen LogP contribution in [0.3, 0.4) is 0 Å². The third kappa shape index (κ3) is 1.78. The monoisotopic (exact) mass is 150 g/mol. The maximum absolute atomic E-state index is 11.4. The molecule has 0 N–H and O–H groups in total. The topological polar surface area (TPSA) is 35.5 Å². The molecule has 0 aliphatic carbocycles. The Kier molecular flexibility index (Phi) is 2.28. The minimum Gasteiger partial charge on any atom is -0.348 e. The van der Waals surface area contributed by atoms with Gasteiger partial charge in [0.15, 0.2) is 0 Å². The Balaban J connectivity index is 2.47. The van der Waals surface area contributed by atoms with Crippen LogP contribution in [0.15, 0.2) is 0 Å². The molecule has 4 heteroatoms. The van der Waals surface area contributed by atoms with Crippen molar-refractivity contribution in [3.63, 3.8) is 0 Å². The summed E-state index contributed by atoms with van der Waals surface area (Å²) in [4.78, 5) is 0. The lowest BCUT2D eigenvalue weighted by molar-refractivity contribution is -0.0386. The van der Waals surface area contributed by atoms with Gasteiger partial charge in [-0.05, 0) is 0 Å². The van der Waals surface area contributed by atoms with E-state index < -0.39 is 7.14 Å². The van der Waals surface area contributed by atoms with Gasteiger partial charge in [-0.25, -0.2) is 0 Å². The first-order valence-electron chi connectivity index (χ1n) is 2.99. The van der Waals surface area contributed by atoms with Crippen LogP contribution in [-0.4, -0.2) is 25.7 Å². The highest BCUT2D eigenvalue weighted by atomic mass is 31.2. The van der Waals surface area contributed by atoms with E-state index in [4.69, 9.17) is 9.47 Å². The van der Waals surface area contributed by atoms with Crippen LogP contribution in [0.2, 0.25) is 0 Å². The predicted molar refractivity (Wildman–Crippen MR) is 34.9 cm³/mol. The minimum atomic E-state index is -2.04. The Hall–Kier alpha value is 0.150. The number of ether oxygens (including phenoxy) is 2. The molecule has 0 aromatic heterocycles. The second-order valence-corrected chi connectivity index (χ2v) is 5.42. The first-order valence-corrected chi connectivity index (χ1v) is 5.26. The molecule has 1 fully saturated rings. The van der Waals surface area contributed by atoms with Gasteiger partial charge in [-0.15, -0.1) is 0 Å². The predicted octanol–water partition coefficient (Wildman–Crippen LogP) is 1.29. The van der Waals surface area contributed by atoms with E-state index in [9.17, 15) is 4.57 Å². The maximum atomic E-state index is 11.4. The molecule has 0 aromatic carbocycles. The van der Waals surface area contributed by atoms with Crippen molar-refractivity contribution >= 4 is 7.14 Å². The van der Waals surface area contributed by atoms with Crippen molar-refractivity contribution in [2.24, 2.45) is 0 Å². The van der Waals surface area contributed by atoms with Crippen molar-refractivity contribution in [3.05, 3.63) is 0 Å². The Morgan fingerprint density at radius 1 is 1.44 bits per heavy atom. The van der Waals surface area contributed by atoms with Crippen LogP contribution in [0.25, 0.3) is 0 Å². The molecular formula is C5H11O3P. The highest BCUT2D eigenvalue weighted by Gasteiger charge is 2.23. The van der Waals surface area contributed by atoms with Gasteiger partial charge in [0, 0.05) is 6.16 Å². The van der Waals surface area contributed by atoms with Gasteiger partial charge in [-0.2, -0.15) is 0 Å². The van der Waals surface area contributed by atoms with Crippen LogP contribution in [0, 0.1) is 0 Å². The Morgan fingerprint density at radius 2 is 2.00 bits per heavy atom. The van der Waals surface area contributed by atoms with Crippen LogP contribution in [0.1, 0.15) is 6.92 Å². The molecule has 0 atom stereocenters. The molecule has 1 heterocycles. The van der Waals surface area contributed by atoms with Gasteiger partial charge in [0.1, 0.15) is 26.6 Å². The van der Waals surface area contributed by atoms with E-state index in [1.54, 1.807) is 0 Å². The van der Waals surface area contributed by atoms with Crippen LogP contribution in [0.5, 0.6) is 0 Å². The molecule has 54 valence electrons. The van der Waals surface area contributed by atoms with Crippen molar-refractivity contribution < 1.29 is 14.0 Å². The molecule has 0 unspecified atom stereocenters. The third-order valence-electron chi connectivity index (χ3n) is 1.40. The number of hydrogen-bond donors (Lipinski definition) is 0. The van der Waals surface area contributed by atoms with E-state index in [1.807, 2.05) is 6.92 Å². The summed E-state index contributed by atoms with van der Waals surface area (Å²) in [6, 6.07) is 0. The first-order chi connectivity index (χ1) is 4.27. The number of rotatable bonds is 1. The normalized spacial score (nSPS) is 25.9. The standard InChI is InChI=1S/C5H11O3P/c1-2-9(6)4-7-3-8-5-9/h2-5H2,1H3. The zero-order valence-electron chi connectivity index (χ0n) is 5.50. The molecule has 1 saturated heterocycles. The lowest BCUT2D eigenvalue weighted by atomic mass is 11.0. The van der Waals surface area contributed by atoms with Crippen molar-refractivity contribution in [2.75, 3.05) is 25.7 Å². The summed E-state index contributed by atoms with van der Waals surface area (Å²) in [7, 11) is -2.04. The average Bonchev–Trinajstić information content (AvgIpc) is 1.90. The van der Waals surface area contributed by atoms with Gasteiger partial charge < -0.3 is 14.0 Å². The second kappa shape index (κ2) is 2.82. The van der Waals surface area contributed by atoms with Crippen molar-refractivity contribution in [3.8, 4) is 0 Å². The number of hydrogen-bond acceptors (Lipinski definition) is 3. The Labute approximate surface area is 54.7 Å². The molecule has 1 aliphatic rings. The highest BCUT2D eigenvalue weighted by molar-refractivity contribution is 7.63. The van der Waals surface area contributed by atoms with E-state index in [-0.39, 0.29) is 0 Å². The Bertz CT molecular complexity index is 124. The summed E-state index contributed by atoms with van der Waals surface area (Å²) in [5.41, 5.74) is 0. The van der Waals surface area contributed by atoms with Gasteiger partial charge in [-0.1, -0.05) is 6.92 Å². The van der Waals surface area contributed by atoms with E-state index in [0.717, 1.165) is 0 Å². The van der Waals surface area contributed by atoms with Crippen LogP contribution in [0.4, 0.5) is 0 Å². The third-order valence-corrected chi connectivity index (χ3v) is 3.86. The van der Waals surface area contributed by atoms with Gasteiger partial charge in [0.05, 0.1) is 0 Å². The summed E-state index contributed by atoms with van der Waals surface area (Å²) in [5.74, 6) is 0. The zero-order chi connectivity index (χ0) is 6.74. The van der Waals surface area contributed by atoms with E-state index in [2.05, 4.69) is 0 Å². The van der Waals surface area contributed by atoms with Crippen molar-refractivity contribution in [1.29, 1.82) is 0 Å². The van der Waals surface area contributed by atoms with Gasteiger partial charge >= 0.3 is 0 Å². The Morgan fingerprint density at radius 3 is 2.33 bits per heavy atom. The average molecular weight is 150 g/mol. The van der Waals surface area contributed by atoms with Gasteiger partial charge in [-0.3, -0.25) is 0 Å². The molecule has 9 heavy (non-hydrogen) atoms. The molecule has 1 rings (SSSR count). The molecule has 1 aliphatic heterocycles. The fourth-order valence-electron chi connectivity index (χ4n) is 0.686. The van der Waals surface area contributed by atoms with Crippen LogP contribution < -0.4 is 0 Å². The fraction of sp³-hybridized carbons (Fsp3) is 1.00. The van der Waals surface area contributed by atoms with E-state index in [0.29, 0.717) is 25.7 Å². The summed E-state index contributed by atoms with van der Waals surface area (Å²) in [6.07, 6.45) is 1.50. The zero-order valence-corrected chi connectivity index (χ0v) is 6.39. The van der Waals surface area contributed by atoms with Crippen LogP contribution in [-0.2, 0) is 14.0 Å². The highest BCUT2D eigenvalue weighted by Crippen LogP contribution is 2.46. The summed E-state index contributed by atoms with van der Waals surface area (Å²) in [6.45, 7) is 2.21. The smallest absolute Gasteiger partial charge is 0.147 e. The molecule has 0 bridgehead atoms. The molecule has 0 aromatic rings. The molecule has 0 amide bonds. The molecule has 0 spiro atoms. The SMILES string of the molecule is CCP1(=O)COCOC1. The quantitative estimate of drug-likeness (QED) is 0.528. The first kappa shape index (κ1) is 7.26. The van der Waals surface area contributed by atoms with Gasteiger partial charge in [0.25, 0.3) is 0 Å².